The molecule has 7 heteroatoms. The number of nitrogens with zero attached hydrogens (tertiary/aromatic N) is 2. The number of hydrogen-bond donors (Lipinski definition) is 1. The Labute approximate surface area is 113 Å². The van der Waals surface area contributed by atoms with Crippen molar-refractivity contribution in [3.63, 3.8) is 0 Å². The normalized spacial score (nSPS) is 10.3. The van der Waals surface area contributed by atoms with Gasteiger partial charge in [0.25, 0.3) is 5.56 Å². The second-order valence-corrected chi connectivity index (χ2v) is 3.99. The van der Waals surface area contributed by atoms with Crippen LogP contribution in [-0.2, 0) is 0 Å². The molecule has 2 aromatic heterocycles. The predicted molar refractivity (Wildman–Crippen MR) is 71.6 cm³/mol. The number of carbonyl (C=O) groups is 1. The molecule has 0 amide bonds. The molecule has 7 nitrogen and oxygen atoms in total. The summed E-state index contributed by atoms with van der Waals surface area (Å²) in [7, 11) is 0. The van der Waals surface area contributed by atoms with Gasteiger partial charge in [0.1, 0.15) is 0 Å². The predicted octanol–water partition coefficient (Wildman–Crippen LogP) is 0.522. The monoisotopic (exact) mass is 275 g/mol. The first kappa shape index (κ1) is 13.7. The highest BCUT2D eigenvalue weighted by Gasteiger charge is 2.12. The molecule has 1 N–H and O–H groups in total. The van der Waals surface area contributed by atoms with Gasteiger partial charge in [0, 0.05) is 12.3 Å². The molecule has 0 saturated heterocycles. The van der Waals surface area contributed by atoms with E-state index in [1.54, 1.807) is 6.07 Å². The van der Waals surface area contributed by atoms with Crippen molar-refractivity contribution in [3.8, 4) is 11.6 Å². The van der Waals surface area contributed by atoms with Gasteiger partial charge >= 0.3 is 5.69 Å². The zero-order valence-corrected chi connectivity index (χ0v) is 11.0. The van der Waals surface area contributed by atoms with E-state index in [2.05, 4.69) is 9.97 Å². The first-order chi connectivity index (χ1) is 9.54. The van der Waals surface area contributed by atoms with Crippen molar-refractivity contribution in [2.45, 2.75) is 13.8 Å². The molecule has 0 aliphatic heterocycles. The van der Waals surface area contributed by atoms with Crippen LogP contribution in [0.5, 0.6) is 5.88 Å². The summed E-state index contributed by atoms with van der Waals surface area (Å²) in [5.41, 5.74) is -1.13. The molecule has 0 atom stereocenters. The lowest BCUT2D eigenvalue weighted by Gasteiger charge is -2.06. The van der Waals surface area contributed by atoms with Crippen LogP contribution < -0.4 is 16.0 Å². The highest BCUT2D eigenvalue weighted by Crippen LogP contribution is 2.08. The largest absolute Gasteiger partial charge is 0.478 e. The molecule has 2 rings (SSSR count). The molecule has 0 fully saturated rings. The Morgan fingerprint density at radius 1 is 1.40 bits per heavy atom. The Kier molecular flexibility index (Phi) is 3.79. The van der Waals surface area contributed by atoms with Gasteiger partial charge in [0.05, 0.1) is 24.1 Å². The summed E-state index contributed by atoms with van der Waals surface area (Å²) in [6.07, 6.45) is 2.46. The smallest absolute Gasteiger partial charge is 0.333 e. The molecule has 2 heterocycles. The zero-order valence-electron chi connectivity index (χ0n) is 11.0. The Hall–Kier alpha value is -2.70. The van der Waals surface area contributed by atoms with Crippen molar-refractivity contribution in [2.24, 2.45) is 0 Å². The van der Waals surface area contributed by atoms with Crippen LogP contribution in [0.25, 0.3) is 5.69 Å². The third-order valence-electron chi connectivity index (χ3n) is 2.63. The number of carbonyl (C=O) groups excluding carboxylic acids is 1. The number of ketones is 1. The molecule has 0 aliphatic carbocycles. The minimum absolute atomic E-state index is 0.0847. The van der Waals surface area contributed by atoms with Gasteiger partial charge in [-0.25, -0.2) is 14.3 Å². The maximum absolute atomic E-state index is 12.1. The molecule has 0 bridgehead atoms. The number of H-pyrrole nitrogens is 1. The van der Waals surface area contributed by atoms with Crippen LogP contribution in [0.15, 0.2) is 34.1 Å². The van der Waals surface area contributed by atoms with Crippen LogP contribution in [-0.4, -0.2) is 26.9 Å². The van der Waals surface area contributed by atoms with E-state index >= 15 is 0 Å². The molecular formula is C13H13N3O4. The average molecular weight is 275 g/mol. The van der Waals surface area contributed by atoms with E-state index in [1.165, 1.54) is 19.2 Å². The van der Waals surface area contributed by atoms with Gasteiger partial charge in [0.2, 0.25) is 5.88 Å². The maximum Gasteiger partial charge on any atom is 0.333 e. The molecule has 0 aromatic carbocycles. The van der Waals surface area contributed by atoms with Gasteiger partial charge < -0.3 is 9.72 Å². The summed E-state index contributed by atoms with van der Waals surface area (Å²) in [5.74, 6) is -0.0256. The summed E-state index contributed by atoms with van der Waals surface area (Å²) >= 11 is 0. The van der Waals surface area contributed by atoms with Gasteiger partial charge in [-0.3, -0.25) is 9.59 Å². The molecule has 20 heavy (non-hydrogen) atoms. The molecule has 0 saturated carbocycles. The zero-order chi connectivity index (χ0) is 14.7. The second-order valence-electron chi connectivity index (χ2n) is 3.99. The third kappa shape index (κ3) is 2.51. The highest BCUT2D eigenvalue weighted by molar-refractivity contribution is 5.93. The number of ether oxygens (including phenoxy) is 1. The lowest BCUT2D eigenvalue weighted by atomic mass is 10.2. The summed E-state index contributed by atoms with van der Waals surface area (Å²) in [6.45, 7) is 3.55. The van der Waals surface area contributed by atoms with Crippen LogP contribution in [0.2, 0.25) is 0 Å². The van der Waals surface area contributed by atoms with Crippen LogP contribution in [0.3, 0.4) is 0 Å². The number of Topliss-reactive ketones (excluding diaryl/α,β-unsaturated/α-hetero) is 1. The second kappa shape index (κ2) is 5.52. The summed E-state index contributed by atoms with van der Waals surface area (Å²) in [5, 5.41) is 0. The van der Waals surface area contributed by atoms with Crippen LogP contribution in [0.1, 0.15) is 24.2 Å². The number of aromatic amines is 1. The number of rotatable bonds is 4. The van der Waals surface area contributed by atoms with E-state index in [0.29, 0.717) is 12.5 Å². The summed E-state index contributed by atoms with van der Waals surface area (Å²) < 4.78 is 6.04. The molecule has 0 radical (unpaired) electrons. The lowest BCUT2D eigenvalue weighted by Crippen LogP contribution is -2.36. The first-order valence-corrected chi connectivity index (χ1v) is 5.99. The van der Waals surface area contributed by atoms with Crippen LogP contribution >= 0.6 is 0 Å². The molecule has 0 spiro atoms. The molecule has 2 aromatic rings. The average Bonchev–Trinajstić information content (AvgIpc) is 2.40. The van der Waals surface area contributed by atoms with Crippen molar-refractivity contribution < 1.29 is 9.53 Å². The molecule has 0 unspecified atom stereocenters. The van der Waals surface area contributed by atoms with Crippen LogP contribution in [0.4, 0.5) is 0 Å². The van der Waals surface area contributed by atoms with E-state index in [0.717, 1.165) is 10.8 Å². The van der Waals surface area contributed by atoms with Crippen molar-refractivity contribution in [2.75, 3.05) is 6.61 Å². The quantitative estimate of drug-likeness (QED) is 0.821. The third-order valence-corrected chi connectivity index (χ3v) is 2.63. The highest BCUT2D eigenvalue weighted by atomic mass is 16.5. The fraction of sp³-hybridized carbons (Fsp3) is 0.231. The topological polar surface area (TPSA) is 94.0 Å². The van der Waals surface area contributed by atoms with Crippen molar-refractivity contribution >= 4 is 5.78 Å². The number of pyridine rings is 1. The van der Waals surface area contributed by atoms with E-state index in [-0.39, 0.29) is 11.3 Å². The minimum atomic E-state index is -0.674. The lowest BCUT2D eigenvalue weighted by molar-refractivity contribution is 0.101. The minimum Gasteiger partial charge on any atom is -0.478 e. The molecule has 0 aliphatic rings. The molecular weight excluding hydrogens is 262 g/mol. The number of aromatic nitrogens is 3. The van der Waals surface area contributed by atoms with E-state index in [1.807, 2.05) is 6.92 Å². The van der Waals surface area contributed by atoms with Crippen molar-refractivity contribution in [3.05, 3.63) is 50.9 Å². The van der Waals surface area contributed by atoms with Gasteiger partial charge in [-0.1, -0.05) is 0 Å². The molecule has 104 valence electrons. The Balaban J connectivity index is 2.57. The van der Waals surface area contributed by atoms with E-state index < -0.39 is 17.0 Å². The SMILES string of the molecule is CCOc1ccc(-n2c(=O)[nH]cc(C(C)=O)c2=O)cn1. The first-order valence-electron chi connectivity index (χ1n) is 5.99. The Morgan fingerprint density at radius 3 is 2.70 bits per heavy atom. The number of nitrogens with one attached hydrogen (secondary N) is 1. The van der Waals surface area contributed by atoms with Gasteiger partial charge in [-0.15, -0.1) is 0 Å². The van der Waals surface area contributed by atoms with Crippen molar-refractivity contribution in [1.29, 1.82) is 0 Å². The van der Waals surface area contributed by atoms with Crippen LogP contribution in [0, 0.1) is 0 Å². The standard InChI is InChI=1S/C13H13N3O4/c1-3-20-11-5-4-9(6-14-11)16-12(18)10(8(2)17)7-15-13(16)19/h4-7H,3H2,1-2H3,(H,15,19). The van der Waals surface area contributed by atoms with E-state index in [9.17, 15) is 14.4 Å². The fourth-order valence-corrected chi connectivity index (χ4v) is 1.70. The van der Waals surface area contributed by atoms with Gasteiger partial charge in [-0.05, 0) is 19.9 Å². The summed E-state index contributed by atoms with van der Waals surface area (Å²) in [4.78, 5) is 41.5. The van der Waals surface area contributed by atoms with Crippen molar-refractivity contribution in [1.82, 2.24) is 14.5 Å². The maximum atomic E-state index is 12.1. The summed E-state index contributed by atoms with van der Waals surface area (Å²) in [6, 6.07) is 3.07. The van der Waals surface area contributed by atoms with Gasteiger partial charge in [-0.2, -0.15) is 0 Å². The Morgan fingerprint density at radius 2 is 2.15 bits per heavy atom. The number of hydrogen-bond acceptors (Lipinski definition) is 5. The Bertz CT molecular complexity index is 743. The van der Waals surface area contributed by atoms with Gasteiger partial charge in [0.15, 0.2) is 5.78 Å². The van der Waals surface area contributed by atoms with E-state index in [4.69, 9.17) is 4.74 Å². The fourth-order valence-electron chi connectivity index (χ4n) is 1.70.